The Hall–Kier alpha value is -1.20. The zero-order valence-corrected chi connectivity index (χ0v) is 11.7. The molecule has 1 fully saturated rings. The van der Waals surface area contributed by atoms with Crippen LogP contribution in [0, 0.1) is 13.8 Å². The minimum Gasteiger partial charge on any atom is -0.377 e. The van der Waals surface area contributed by atoms with Crippen molar-refractivity contribution >= 4 is 5.82 Å². The van der Waals surface area contributed by atoms with E-state index in [1.807, 2.05) is 6.92 Å². The van der Waals surface area contributed by atoms with Gasteiger partial charge >= 0.3 is 0 Å². The van der Waals surface area contributed by atoms with Crippen LogP contribution in [-0.4, -0.2) is 35.5 Å². The van der Waals surface area contributed by atoms with E-state index in [1.54, 1.807) is 0 Å². The van der Waals surface area contributed by atoms with Crippen molar-refractivity contribution in [1.29, 1.82) is 0 Å². The van der Waals surface area contributed by atoms with Crippen LogP contribution in [0.15, 0.2) is 0 Å². The van der Waals surface area contributed by atoms with Gasteiger partial charge < -0.3 is 15.4 Å². The number of ether oxygens (including phenoxy) is 1. The van der Waals surface area contributed by atoms with Crippen molar-refractivity contribution < 1.29 is 4.74 Å². The molecular weight excluding hydrogens is 228 g/mol. The molecule has 2 rings (SSSR count). The lowest BCUT2D eigenvalue weighted by Crippen LogP contribution is -2.54. The van der Waals surface area contributed by atoms with Gasteiger partial charge in [-0.2, -0.15) is 5.10 Å². The summed E-state index contributed by atoms with van der Waals surface area (Å²) < 4.78 is 5.54. The van der Waals surface area contributed by atoms with Gasteiger partial charge in [0.05, 0.1) is 24.4 Å². The van der Waals surface area contributed by atoms with Gasteiger partial charge in [0, 0.05) is 18.7 Å². The molecular formula is C13H22N4O. The van der Waals surface area contributed by atoms with Crippen LogP contribution < -0.4 is 10.6 Å². The Morgan fingerprint density at radius 2 is 2.06 bits per heavy atom. The normalized spacial score (nSPS) is 19.1. The second-order valence-electron chi connectivity index (χ2n) is 5.43. The van der Waals surface area contributed by atoms with Gasteiger partial charge in [0.1, 0.15) is 0 Å². The number of aromatic nitrogens is 2. The molecule has 0 amide bonds. The number of rotatable bonds is 2. The highest BCUT2D eigenvalue weighted by molar-refractivity contribution is 5.52. The molecule has 2 heterocycles. The van der Waals surface area contributed by atoms with Crippen LogP contribution in [0.25, 0.3) is 0 Å². The second-order valence-corrected chi connectivity index (χ2v) is 5.43. The first-order valence-electron chi connectivity index (χ1n) is 6.35. The summed E-state index contributed by atoms with van der Waals surface area (Å²) in [7, 11) is 0. The Bertz CT molecular complexity index is 445. The smallest absolute Gasteiger partial charge is 0.156 e. The van der Waals surface area contributed by atoms with E-state index in [1.165, 1.54) is 0 Å². The van der Waals surface area contributed by atoms with E-state index < -0.39 is 0 Å². The highest BCUT2D eigenvalue weighted by Gasteiger charge is 2.33. The zero-order valence-electron chi connectivity index (χ0n) is 11.7. The van der Waals surface area contributed by atoms with Crippen LogP contribution in [0.5, 0.6) is 0 Å². The third-order valence-corrected chi connectivity index (χ3v) is 3.67. The van der Waals surface area contributed by atoms with Gasteiger partial charge in [-0.3, -0.25) is 0 Å². The Kier molecular flexibility index (Phi) is 3.54. The fourth-order valence-corrected chi connectivity index (χ4v) is 2.36. The molecule has 0 atom stereocenters. The highest BCUT2D eigenvalue weighted by Crippen LogP contribution is 2.29. The molecule has 0 aliphatic carbocycles. The SMILES string of the molecule is Cc1nnc(N2CCOCC2(C)C)c(CN)c1C. The highest BCUT2D eigenvalue weighted by atomic mass is 16.5. The quantitative estimate of drug-likeness (QED) is 0.853. The van der Waals surface area contributed by atoms with Crippen molar-refractivity contribution in [3.63, 3.8) is 0 Å². The number of hydrogen-bond donors (Lipinski definition) is 1. The van der Waals surface area contributed by atoms with Gasteiger partial charge in [0.15, 0.2) is 5.82 Å². The summed E-state index contributed by atoms with van der Waals surface area (Å²) >= 11 is 0. The van der Waals surface area contributed by atoms with Crippen molar-refractivity contribution in [2.75, 3.05) is 24.7 Å². The molecule has 5 heteroatoms. The van der Waals surface area contributed by atoms with Crippen LogP contribution in [0.1, 0.15) is 30.7 Å². The number of nitrogens with zero attached hydrogens (tertiary/aromatic N) is 3. The second kappa shape index (κ2) is 4.82. The number of anilines is 1. The molecule has 1 aliphatic heterocycles. The van der Waals surface area contributed by atoms with E-state index in [2.05, 4.69) is 35.9 Å². The fourth-order valence-electron chi connectivity index (χ4n) is 2.36. The first kappa shape index (κ1) is 13.2. The number of aryl methyl sites for hydroxylation is 1. The van der Waals surface area contributed by atoms with Gasteiger partial charge in [-0.15, -0.1) is 5.10 Å². The van der Waals surface area contributed by atoms with E-state index in [0.717, 1.165) is 35.8 Å². The predicted octanol–water partition coefficient (Wildman–Crippen LogP) is 1.17. The Labute approximate surface area is 108 Å². The molecule has 1 aliphatic rings. The van der Waals surface area contributed by atoms with Crippen LogP contribution in [0.2, 0.25) is 0 Å². The fraction of sp³-hybridized carbons (Fsp3) is 0.692. The van der Waals surface area contributed by atoms with Gasteiger partial charge in [-0.1, -0.05) is 0 Å². The van der Waals surface area contributed by atoms with Gasteiger partial charge in [0.2, 0.25) is 0 Å². The van der Waals surface area contributed by atoms with Crippen LogP contribution in [-0.2, 0) is 11.3 Å². The number of morpholine rings is 1. The molecule has 1 saturated heterocycles. The van der Waals surface area contributed by atoms with Crippen molar-refractivity contribution in [1.82, 2.24) is 10.2 Å². The van der Waals surface area contributed by atoms with E-state index in [4.69, 9.17) is 10.5 Å². The van der Waals surface area contributed by atoms with Gasteiger partial charge in [-0.25, -0.2) is 0 Å². The molecule has 100 valence electrons. The minimum absolute atomic E-state index is 0.0709. The molecule has 0 aromatic carbocycles. The third kappa shape index (κ3) is 2.20. The topological polar surface area (TPSA) is 64.3 Å². The molecule has 2 N–H and O–H groups in total. The molecule has 1 aromatic heterocycles. The monoisotopic (exact) mass is 250 g/mol. The number of hydrogen-bond acceptors (Lipinski definition) is 5. The predicted molar refractivity (Wildman–Crippen MR) is 71.6 cm³/mol. The zero-order chi connectivity index (χ0) is 13.3. The summed E-state index contributed by atoms with van der Waals surface area (Å²) in [6.07, 6.45) is 0. The van der Waals surface area contributed by atoms with Crippen LogP contribution >= 0.6 is 0 Å². The molecule has 1 aromatic rings. The van der Waals surface area contributed by atoms with Crippen LogP contribution in [0.4, 0.5) is 5.82 Å². The Morgan fingerprint density at radius 1 is 1.33 bits per heavy atom. The van der Waals surface area contributed by atoms with Gasteiger partial charge in [0.25, 0.3) is 0 Å². The lowest BCUT2D eigenvalue weighted by molar-refractivity contribution is 0.0637. The lowest BCUT2D eigenvalue weighted by Gasteiger charge is -2.43. The van der Waals surface area contributed by atoms with E-state index >= 15 is 0 Å². The van der Waals surface area contributed by atoms with Crippen molar-refractivity contribution in [3.05, 3.63) is 16.8 Å². The first-order chi connectivity index (χ1) is 8.47. The molecule has 18 heavy (non-hydrogen) atoms. The molecule has 5 nitrogen and oxygen atoms in total. The minimum atomic E-state index is -0.0709. The van der Waals surface area contributed by atoms with Crippen molar-refractivity contribution in [2.24, 2.45) is 5.73 Å². The molecule has 0 spiro atoms. The summed E-state index contributed by atoms with van der Waals surface area (Å²) in [4.78, 5) is 2.26. The number of nitrogens with two attached hydrogens (primary N) is 1. The summed E-state index contributed by atoms with van der Waals surface area (Å²) in [5, 5.41) is 8.61. The maximum Gasteiger partial charge on any atom is 0.156 e. The standard InChI is InChI=1S/C13H22N4O/c1-9-10(2)15-16-12(11(9)7-14)17-5-6-18-8-13(17,3)4/h5-8,14H2,1-4H3. The summed E-state index contributed by atoms with van der Waals surface area (Å²) in [6, 6.07) is 0. The van der Waals surface area contributed by atoms with Crippen LogP contribution in [0.3, 0.4) is 0 Å². The average Bonchev–Trinajstić information content (AvgIpc) is 2.32. The largest absolute Gasteiger partial charge is 0.377 e. The summed E-state index contributed by atoms with van der Waals surface area (Å²) in [5.74, 6) is 0.911. The first-order valence-corrected chi connectivity index (χ1v) is 6.35. The summed E-state index contributed by atoms with van der Waals surface area (Å²) in [5.41, 5.74) is 9.01. The van der Waals surface area contributed by atoms with Crippen molar-refractivity contribution in [3.8, 4) is 0 Å². The van der Waals surface area contributed by atoms with Gasteiger partial charge in [-0.05, 0) is 33.3 Å². The maximum absolute atomic E-state index is 5.89. The molecule has 0 bridgehead atoms. The lowest BCUT2D eigenvalue weighted by atomic mass is 10.0. The molecule has 0 radical (unpaired) electrons. The van der Waals surface area contributed by atoms with E-state index in [0.29, 0.717) is 13.2 Å². The Morgan fingerprint density at radius 3 is 2.67 bits per heavy atom. The van der Waals surface area contributed by atoms with E-state index in [-0.39, 0.29) is 5.54 Å². The van der Waals surface area contributed by atoms with E-state index in [9.17, 15) is 0 Å². The average molecular weight is 250 g/mol. The summed E-state index contributed by atoms with van der Waals surface area (Å²) in [6.45, 7) is 11.1. The molecule has 0 unspecified atom stereocenters. The Balaban J connectivity index is 2.47. The van der Waals surface area contributed by atoms with Crippen molar-refractivity contribution in [2.45, 2.75) is 39.8 Å². The molecule has 0 saturated carbocycles. The third-order valence-electron chi connectivity index (χ3n) is 3.67. The maximum atomic E-state index is 5.89.